The predicted octanol–water partition coefficient (Wildman–Crippen LogP) is 0.757. The Morgan fingerprint density at radius 2 is 2.26 bits per heavy atom. The first-order chi connectivity index (χ1) is 11.3. The zero-order valence-electron chi connectivity index (χ0n) is 12.6. The van der Waals surface area contributed by atoms with Crippen molar-refractivity contribution in [2.75, 3.05) is 26.6 Å². The molecule has 0 bridgehead atoms. The van der Waals surface area contributed by atoms with E-state index in [2.05, 4.69) is 10.1 Å². The second-order valence-electron chi connectivity index (χ2n) is 5.37. The van der Waals surface area contributed by atoms with Gasteiger partial charge >= 0.3 is 0 Å². The molecule has 2 aliphatic heterocycles. The largest absolute Gasteiger partial charge is 0.454 e. The first kappa shape index (κ1) is 14.0. The molecule has 0 radical (unpaired) electrons. The quantitative estimate of drug-likeness (QED) is 0.814. The molecule has 0 spiro atoms. The van der Waals surface area contributed by atoms with E-state index in [1.165, 1.54) is 6.33 Å². The third-order valence-corrected chi connectivity index (χ3v) is 4.06. The van der Waals surface area contributed by atoms with Crippen LogP contribution in [-0.2, 0) is 11.8 Å². The Bertz CT molecular complexity index is 745. The maximum absolute atomic E-state index is 13.1. The molecule has 1 saturated heterocycles. The number of hydrogen-bond acceptors (Lipinski definition) is 6. The molecule has 23 heavy (non-hydrogen) atoms. The number of ether oxygens (including phenoxy) is 3. The fraction of sp³-hybridized carbons (Fsp3) is 0.400. The second kappa shape index (κ2) is 5.54. The van der Waals surface area contributed by atoms with Gasteiger partial charge in [-0.2, -0.15) is 5.10 Å². The summed E-state index contributed by atoms with van der Waals surface area (Å²) in [5.74, 6) is 1.67. The molecule has 3 heterocycles. The number of para-hydroxylation sites is 1. The molecule has 1 aromatic heterocycles. The molecule has 0 aliphatic carbocycles. The lowest BCUT2D eigenvalue weighted by molar-refractivity contribution is -0.00634. The fourth-order valence-corrected chi connectivity index (χ4v) is 2.92. The number of nitrogens with zero attached hydrogens (tertiary/aromatic N) is 4. The number of fused-ring (bicyclic) bond motifs is 1. The highest BCUT2D eigenvalue weighted by Crippen LogP contribution is 2.37. The molecule has 8 nitrogen and oxygen atoms in total. The molecule has 1 fully saturated rings. The summed E-state index contributed by atoms with van der Waals surface area (Å²) in [7, 11) is 1.80. The number of carbonyl (C=O) groups is 1. The summed E-state index contributed by atoms with van der Waals surface area (Å²) in [6.07, 6.45) is 1.48. The van der Waals surface area contributed by atoms with Crippen LogP contribution in [0.15, 0.2) is 24.5 Å². The van der Waals surface area contributed by atoms with Crippen LogP contribution in [0.25, 0.3) is 0 Å². The van der Waals surface area contributed by atoms with Gasteiger partial charge in [0.25, 0.3) is 5.91 Å². The lowest BCUT2D eigenvalue weighted by Gasteiger charge is -2.35. The topological polar surface area (TPSA) is 78.7 Å². The van der Waals surface area contributed by atoms with E-state index >= 15 is 0 Å². The monoisotopic (exact) mass is 316 g/mol. The van der Waals surface area contributed by atoms with Gasteiger partial charge in [0.05, 0.1) is 18.8 Å². The molecule has 1 unspecified atom stereocenters. The number of aromatic nitrogens is 3. The lowest BCUT2D eigenvalue weighted by atomic mass is 10.1. The Labute approximate surface area is 132 Å². The average molecular weight is 316 g/mol. The van der Waals surface area contributed by atoms with Gasteiger partial charge in [-0.3, -0.25) is 9.48 Å². The number of morpholine rings is 1. The average Bonchev–Trinajstić information content (AvgIpc) is 3.22. The van der Waals surface area contributed by atoms with Crippen LogP contribution in [0.5, 0.6) is 11.5 Å². The van der Waals surface area contributed by atoms with Gasteiger partial charge in [0.2, 0.25) is 6.79 Å². The van der Waals surface area contributed by atoms with Gasteiger partial charge in [-0.25, -0.2) is 4.98 Å². The molecular weight excluding hydrogens is 300 g/mol. The van der Waals surface area contributed by atoms with Crippen molar-refractivity contribution in [1.29, 1.82) is 0 Å². The normalized spacial score (nSPS) is 19.9. The van der Waals surface area contributed by atoms with E-state index in [9.17, 15) is 4.79 Å². The maximum Gasteiger partial charge on any atom is 0.258 e. The van der Waals surface area contributed by atoms with Crippen molar-refractivity contribution >= 4 is 5.91 Å². The summed E-state index contributed by atoms with van der Waals surface area (Å²) >= 11 is 0. The van der Waals surface area contributed by atoms with Gasteiger partial charge in [-0.05, 0) is 12.1 Å². The first-order valence-corrected chi connectivity index (χ1v) is 7.37. The van der Waals surface area contributed by atoms with Crippen molar-refractivity contribution in [3.8, 4) is 11.5 Å². The Hall–Kier alpha value is -2.61. The molecule has 0 N–H and O–H groups in total. The van der Waals surface area contributed by atoms with Crippen molar-refractivity contribution in [3.05, 3.63) is 35.9 Å². The van der Waals surface area contributed by atoms with Gasteiger partial charge in [0.15, 0.2) is 17.3 Å². The lowest BCUT2D eigenvalue weighted by Crippen LogP contribution is -2.44. The number of benzene rings is 1. The Kier molecular flexibility index (Phi) is 3.38. The van der Waals surface area contributed by atoms with Crippen LogP contribution in [0, 0.1) is 0 Å². The minimum atomic E-state index is -0.276. The highest BCUT2D eigenvalue weighted by Gasteiger charge is 2.34. The summed E-state index contributed by atoms with van der Waals surface area (Å²) < 4.78 is 18.0. The summed E-state index contributed by atoms with van der Waals surface area (Å²) in [5, 5.41) is 4.08. The van der Waals surface area contributed by atoms with Crippen molar-refractivity contribution in [2.45, 2.75) is 6.04 Å². The number of aryl methyl sites for hydroxylation is 1. The summed E-state index contributed by atoms with van der Waals surface area (Å²) in [4.78, 5) is 19.1. The zero-order chi connectivity index (χ0) is 15.8. The van der Waals surface area contributed by atoms with Crippen LogP contribution in [0.1, 0.15) is 22.2 Å². The minimum Gasteiger partial charge on any atom is -0.454 e. The summed E-state index contributed by atoms with van der Waals surface area (Å²) in [6.45, 7) is 1.51. The van der Waals surface area contributed by atoms with Crippen LogP contribution in [0.3, 0.4) is 0 Å². The van der Waals surface area contributed by atoms with Gasteiger partial charge in [-0.15, -0.1) is 0 Å². The first-order valence-electron chi connectivity index (χ1n) is 7.37. The van der Waals surface area contributed by atoms with Crippen LogP contribution in [-0.4, -0.2) is 52.1 Å². The van der Waals surface area contributed by atoms with E-state index in [-0.39, 0.29) is 18.7 Å². The number of rotatable bonds is 2. The highest BCUT2D eigenvalue weighted by molar-refractivity contribution is 5.98. The molecule has 1 atom stereocenters. The van der Waals surface area contributed by atoms with E-state index < -0.39 is 0 Å². The molecule has 1 amide bonds. The number of amides is 1. The predicted molar refractivity (Wildman–Crippen MR) is 78.2 cm³/mol. The van der Waals surface area contributed by atoms with Crippen LogP contribution in [0.2, 0.25) is 0 Å². The molecule has 4 rings (SSSR count). The van der Waals surface area contributed by atoms with E-state index in [4.69, 9.17) is 14.2 Å². The van der Waals surface area contributed by atoms with Crippen LogP contribution in [0.4, 0.5) is 0 Å². The Balaban J connectivity index is 1.69. The summed E-state index contributed by atoms with van der Waals surface area (Å²) in [6, 6.07) is 5.05. The third-order valence-electron chi connectivity index (χ3n) is 4.06. The van der Waals surface area contributed by atoms with E-state index in [0.29, 0.717) is 42.6 Å². The molecule has 2 aliphatic rings. The van der Waals surface area contributed by atoms with Crippen molar-refractivity contribution in [2.24, 2.45) is 7.05 Å². The molecule has 1 aromatic carbocycles. The summed E-state index contributed by atoms with van der Waals surface area (Å²) in [5.41, 5.74) is 0.495. The van der Waals surface area contributed by atoms with Gasteiger partial charge in [0.1, 0.15) is 12.4 Å². The zero-order valence-corrected chi connectivity index (χ0v) is 12.6. The molecule has 0 saturated carbocycles. The van der Waals surface area contributed by atoms with E-state index in [0.717, 1.165) is 0 Å². The van der Waals surface area contributed by atoms with Crippen molar-refractivity contribution in [3.63, 3.8) is 0 Å². The van der Waals surface area contributed by atoms with Gasteiger partial charge in [-0.1, -0.05) is 6.07 Å². The molecule has 8 heteroatoms. The number of carbonyl (C=O) groups excluding carboxylic acids is 1. The second-order valence-corrected chi connectivity index (χ2v) is 5.37. The maximum atomic E-state index is 13.1. The SMILES string of the molecule is Cn1ncnc1C1COCCN1C(=O)c1cccc2c1OCO2. The van der Waals surface area contributed by atoms with Gasteiger partial charge in [0, 0.05) is 13.6 Å². The third kappa shape index (κ3) is 2.31. The number of hydrogen-bond donors (Lipinski definition) is 0. The van der Waals surface area contributed by atoms with Crippen molar-refractivity contribution in [1.82, 2.24) is 19.7 Å². The van der Waals surface area contributed by atoms with E-state index in [1.807, 2.05) is 0 Å². The Morgan fingerprint density at radius 3 is 3.09 bits per heavy atom. The minimum absolute atomic E-state index is 0.122. The van der Waals surface area contributed by atoms with Crippen molar-refractivity contribution < 1.29 is 19.0 Å². The molecular formula is C15H16N4O4. The fourth-order valence-electron chi connectivity index (χ4n) is 2.92. The van der Waals surface area contributed by atoms with Crippen LogP contribution < -0.4 is 9.47 Å². The smallest absolute Gasteiger partial charge is 0.258 e. The van der Waals surface area contributed by atoms with Crippen LogP contribution >= 0.6 is 0 Å². The standard InChI is InChI=1S/C15H16N4O4/c1-18-14(16-8-17-18)11-7-21-6-5-19(11)15(20)10-3-2-4-12-13(10)23-9-22-12/h2-4,8,11H,5-7,9H2,1H3. The Morgan fingerprint density at radius 1 is 1.35 bits per heavy atom. The van der Waals surface area contributed by atoms with Gasteiger partial charge < -0.3 is 19.1 Å². The van der Waals surface area contributed by atoms with E-state index in [1.54, 1.807) is 34.8 Å². The molecule has 120 valence electrons. The highest BCUT2D eigenvalue weighted by atomic mass is 16.7. The molecule has 2 aromatic rings.